The fourth-order valence-electron chi connectivity index (χ4n) is 8.29. The topological polar surface area (TPSA) is 37.3 Å². The van der Waals surface area contributed by atoms with Crippen LogP contribution in [-0.4, -0.2) is 21.8 Å². The first-order valence-electron chi connectivity index (χ1n) is 10.7. The number of aliphatic hydroxyl groups is 1. The van der Waals surface area contributed by atoms with Crippen molar-refractivity contribution in [3.63, 3.8) is 0 Å². The van der Waals surface area contributed by atoms with Crippen LogP contribution in [0.2, 0.25) is 0 Å². The zero-order valence-electron chi connectivity index (χ0n) is 16.5. The molecule has 0 aromatic heterocycles. The van der Waals surface area contributed by atoms with Crippen LogP contribution < -0.4 is 0 Å². The van der Waals surface area contributed by atoms with Crippen molar-refractivity contribution < 1.29 is 9.90 Å². The second-order valence-corrected chi connectivity index (χ2v) is 11.0. The molecule has 0 heterocycles. The maximum Gasteiger partial charge on any atom is 0.147 e. The lowest BCUT2D eigenvalue weighted by atomic mass is 9.43. The summed E-state index contributed by atoms with van der Waals surface area (Å²) >= 11 is 3.43. The van der Waals surface area contributed by atoms with Crippen molar-refractivity contribution in [2.45, 2.75) is 77.2 Å². The van der Waals surface area contributed by atoms with Crippen LogP contribution in [0.3, 0.4) is 0 Å². The van der Waals surface area contributed by atoms with Crippen LogP contribution in [0, 0.1) is 40.4 Å². The molecule has 0 aromatic rings. The van der Waals surface area contributed by atoms with Gasteiger partial charge in [-0.1, -0.05) is 35.9 Å². The van der Waals surface area contributed by atoms with Gasteiger partial charge in [-0.05, 0) is 92.3 Å². The number of hydrogen-bond acceptors (Lipinski definition) is 2. The van der Waals surface area contributed by atoms with E-state index in [-0.39, 0.29) is 11.3 Å². The van der Waals surface area contributed by atoms with Crippen molar-refractivity contribution in [3.8, 4) is 0 Å². The smallest absolute Gasteiger partial charge is 0.147 e. The number of rotatable bonds is 3. The van der Waals surface area contributed by atoms with Crippen LogP contribution in [0.1, 0.15) is 71.6 Å². The third-order valence-corrected chi connectivity index (χ3v) is 10.1. The average molecular weight is 423 g/mol. The van der Waals surface area contributed by atoms with Gasteiger partial charge in [0.1, 0.15) is 5.78 Å². The fourth-order valence-corrected chi connectivity index (χ4v) is 8.68. The zero-order valence-corrected chi connectivity index (χ0v) is 18.1. The molecule has 0 saturated heterocycles. The van der Waals surface area contributed by atoms with Gasteiger partial charge in [0.2, 0.25) is 0 Å². The number of alkyl halides is 1. The molecule has 1 N–H and O–H groups in total. The van der Waals surface area contributed by atoms with Crippen LogP contribution in [-0.2, 0) is 4.79 Å². The van der Waals surface area contributed by atoms with E-state index < -0.39 is 5.60 Å². The molecule has 0 radical (unpaired) electrons. The maximum absolute atomic E-state index is 12.6. The summed E-state index contributed by atoms with van der Waals surface area (Å²) in [6.07, 6.45) is 12.1. The quantitative estimate of drug-likeness (QED) is 0.479. The Morgan fingerprint density at radius 1 is 1.12 bits per heavy atom. The molecule has 26 heavy (non-hydrogen) atoms. The van der Waals surface area contributed by atoms with Crippen LogP contribution in [0.25, 0.3) is 0 Å². The van der Waals surface area contributed by atoms with Gasteiger partial charge in [0.15, 0.2) is 0 Å². The van der Waals surface area contributed by atoms with Gasteiger partial charge in [0.25, 0.3) is 0 Å². The van der Waals surface area contributed by atoms with E-state index in [0.29, 0.717) is 28.4 Å². The lowest BCUT2D eigenvalue weighted by Gasteiger charge is -2.62. The molecule has 146 valence electrons. The summed E-state index contributed by atoms with van der Waals surface area (Å²) in [6, 6.07) is 0. The molecule has 4 fully saturated rings. The van der Waals surface area contributed by atoms with E-state index in [1.165, 1.54) is 32.1 Å². The molecule has 0 amide bonds. The summed E-state index contributed by atoms with van der Waals surface area (Å²) in [7, 11) is 0. The maximum atomic E-state index is 12.6. The highest BCUT2D eigenvalue weighted by Crippen LogP contribution is 2.69. The molecule has 0 aliphatic heterocycles. The predicted octanol–water partition coefficient (Wildman–Crippen LogP) is 5.53. The lowest BCUT2D eigenvalue weighted by Crippen LogP contribution is -2.56. The summed E-state index contributed by atoms with van der Waals surface area (Å²) in [6.45, 7) is 8.88. The number of ketones is 1. The number of carbonyl (C=O) groups is 1. The van der Waals surface area contributed by atoms with Gasteiger partial charge in [-0.3, -0.25) is 4.79 Å². The number of fused-ring (bicyclic) bond motifs is 5. The first-order valence-corrected chi connectivity index (χ1v) is 11.8. The SMILES string of the molecule is C=C[C@@]1(O)CC[C@H]2[C@H](CC[C@@]3(C)[C@@H]4CC[C@H](C(=O)CBr)[C@@]4(C)CC[C@H]23)C1. The van der Waals surface area contributed by atoms with Gasteiger partial charge >= 0.3 is 0 Å². The molecule has 4 aliphatic rings. The van der Waals surface area contributed by atoms with E-state index in [0.717, 1.165) is 37.5 Å². The van der Waals surface area contributed by atoms with E-state index in [2.05, 4.69) is 36.4 Å². The highest BCUT2D eigenvalue weighted by molar-refractivity contribution is 9.09. The van der Waals surface area contributed by atoms with Crippen LogP contribution in [0.5, 0.6) is 0 Å². The molecule has 3 heteroatoms. The van der Waals surface area contributed by atoms with Crippen LogP contribution in [0.15, 0.2) is 12.7 Å². The Balaban J connectivity index is 1.60. The van der Waals surface area contributed by atoms with Gasteiger partial charge < -0.3 is 5.11 Å². The van der Waals surface area contributed by atoms with Crippen molar-refractivity contribution in [3.05, 3.63) is 12.7 Å². The summed E-state index contributed by atoms with van der Waals surface area (Å²) in [4.78, 5) is 12.6. The van der Waals surface area contributed by atoms with Gasteiger partial charge in [-0.25, -0.2) is 0 Å². The Bertz CT molecular complexity index is 603. The molecule has 0 spiro atoms. The molecule has 0 unspecified atom stereocenters. The largest absolute Gasteiger partial charge is 0.386 e. The fraction of sp³-hybridized carbons (Fsp3) is 0.870. The van der Waals surface area contributed by atoms with Crippen molar-refractivity contribution in [2.24, 2.45) is 40.4 Å². The third kappa shape index (κ3) is 2.63. The molecule has 4 rings (SSSR count). The Morgan fingerprint density at radius 3 is 2.54 bits per heavy atom. The minimum Gasteiger partial charge on any atom is -0.386 e. The summed E-state index contributed by atoms with van der Waals surface area (Å²) < 4.78 is 0. The first-order chi connectivity index (χ1) is 12.3. The zero-order chi connectivity index (χ0) is 18.7. The lowest BCUT2D eigenvalue weighted by molar-refractivity contribution is -0.148. The van der Waals surface area contributed by atoms with E-state index in [9.17, 15) is 9.90 Å². The van der Waals surface area contributed by atoms with Gasteiger partial charge in [-0.2, -0.15) is 0 Å². The number of halogens is 1. The van der Waals surface area contributed by atoms with Crippen LogP contribution in [0.4, 0.5) is 0 Å². The van der Waals surface area contributed by atoms with Crippen molar-refractivity contribution in [1.29, 1.82) is 0 Å². The van der Waals surface area contributed by atoms with E-state index in [1.807, 2.05) is 0 Å². The van der Waals surface area contributed by atoms with E-state index in [4.69, 9.17) is 0 Å². The summed E-state index contributed by atoms with van der Waals surface area (Å²) in [5, 5.41) is 11.3. The first kappa shape index (κ1) is 19.2. The summed E-state index contributed by atoms with van der Waals surface area (Å²) in [5.41, 5.74) is -0.0303. The monoisotopic (exact) mass is 422 g/mol. The van der Waals surface area contributed by atoms with Gasteiger partial charge in [0.05, 0.1) is 10.9 Å². The molecule has 2 nitrogen and oxygen atoms in total. The second kappa shape index (κ2) is 6.44. The molecule has 4 aliphatic carbocycles. The Labute approximate surface area is 167 Å². The molecular weight excluding hydrogens is 388 g/mol. The van der Waals surface area contributed by atoms with E-state index in [1.54, 1.807) is 6.08 Å². The average Bonchev–Trinajstić information content (AvgIpc) is 2.99. The minimum absolute atomic E-state index is 0.208. The standard InChI is InChI=1S/C23H35BrO2/c1-4-23(26)12-8-16-15(13-23)7-10-21(2)17(16)9-11-22(3)18(19(25)14-24)5-6-20(21)22/h4,15-18,20,26H,1,5-14H2,2-3H3/t15-,16+,17-,18-,20+,21-,22-,23-/m1/s1. The van der Waals surface area contributed by atoms with Gasteiger partial charge in [-0.15, -0.1) is 6.58 Å². The summed E-state index contributed by atoms with van der Waals surface area (Å²) in [5.74, 6) is 3.61. The minimum atomic E-state index is -0.626. The van der Waals surface area contributed by atoms with Crippen LogP contribution >= 0.6 is 15.9 Å². The second-order valence-electron chi connectivity index (χ2n) is 10.5. The number of hydrogen-bond donors (Lipinski definition) is 1. The molecule has 0 bridgehead atoms. The molecule has 8 atom stereocenters. The van der Waals surface area contributed by atoms with Crippen molar-refractivity contribution in [1.82, 2.24) is 0 Å². The third-order valence-electron chi connectivity index (χ3n) is 9.58. The normalized spacial score (nSPS) is 53.3. The Morgan fingerprint density at radius 2 is 1.85 bits per heavy atom. The van der Waals surface area contributed by atoms with Crippen molar-refractivity contribution >= 4 is 21.7 Å². The molecule has 0 aromatic carbocycles. The van der Waals surface area contributed by atoms with Crippen molar-refractivity contribution in [2.75, 3.05) is 5.33 Å². The number of carbonyl (C=O) groups excluding carboxylic acids is 1. The highest BCUT2D eigenvalue weighted by atomic mass is 79.9. The predicted molar refractivity (Wildman–Crippen MR) is 109 cm³/mol. The number of Topliss-reactive ketones (excluding diaryl/α,β-unsaturated/α-hetero) is 1. The van der Waals surface area contributed by atoms with E-state index >= 15 is 0 Å². The Kier molecular flexibility index (Phi) is 4.75. The molecule has 4 saturated carbocycles. The molecular formula is C23H35BrO2. The highest BCUT2D eigenvalue weighted by Gasteiger charge is 2.63. The Hall–Kier alpha value is -0.150. The van der Waals surface area contributed by atoms with Gasteiger partial charge in [0, 0.05) is 5.92 Å².